The first-order valence-electron chi connectivity index (χ1n) is 5.94. The average molecular weight is 217 g/mol. The highest BCUT2D eigenvalue weighted by Crippen LogP contribution is 2.28. The number of benzene rings is 1. The van der Waals surface area contributed by atoms with Crippen LogP contribution in [-0.2, 0) is 0 Å². The number of Topliss-reactive ketones (excluding diaryl/α,β-unsaturated/α-hetero) is 1. The largest absolute Gasteiger partial charge is 0.328 e. The number of carbonyl (C=O) groups is 1. The van der Waals surface area contributed by atoms with Gasteiger partial charge in [0.1, 0.15) is 0 Å². The molecule has 1 aliphatic carbocycles. The Morgan fingerprint density at radius 1 is 1.19 bits per heavy atom. The Kier molecular flexibility index (Phi) is 3.10. The summed E-state index contributed by atoms with van der Waals surface area (Å²) in [4.78, 5) is 12.2. The van der Waals surface area contributed by atoms with Gasteiger partial charge in [0, 0.05) is 17.5 Å². The minimum absolute atomic E-state index is 0.149. The lowest BCUT2D eigenvalue weighted by Gasteiger charge is -2.10. The zero-order chi connectivity index (χ0) is 11.7. The van der Waals surface area contributed by atoms with E-state index in [0.29, 0.717) is 0 Å². The summed E-state index contributed by atoms with van der Waals surface area (Å²) in [7, 11) is 0. The van der Waals surface area contributed by atoms with Crippen LogP contribution in [0.15, 0.2) is 18.2 Å². The van der Waals surface area contributed by atoms with Gasteiger partial charge in [-0.25, -0.2) is 0 Å². The van der Waals surface area contributed by atoms with Crippen molar-refractivity contribution in [3.05, 3.63) is 34.9 Å². The molecule has 0 heterocycles. The highest BCUT2D eigenvalue weighted by atomic mass is 16.1. The molecule has 0 aliphatic heterocycles. The van der Waals surface area contributed by atoms with Crippen molar-refractivity contribution in [2.75, 3.05) is 0 Å². The lowest BCUT2D eigenvalue weighted by Crippen LogP contribution is -2.18. The number of hydrogen-bond donors (Lipinski definition) is 1. The molecule has 2 atom stereocenters. The van der Waals surface area contributed by atoms with Gasteiger partial charge >= 0.3 is 0 Å². The summed E-state index contributed by atoms with van der Waals surface area (Å²) in [5, 5.41) is 0. The molecule has 2 N–H and O–H groups in total. The maximum atomic E-state index is 12.2. The van der Waals surface area contributed by atoms with Gasteiger partial charge in [-0.15, -0.1) is 0 Å². The summed E-state index contributed by atoms with van der Waals surface area (Å²) in [6.45, 7) is 4.06. The number of ketones is 1. The molecule has 16 heavy (non-hydrogen) atoms. The van der Waals surface area contributed by atoms with Crippen LogP contribution >= 0.6 is 0 Å². The Hall–Kier alpha value is -1.15. The number of hydrogen-bond acceptors (Lipinski definition) is 2. The second-order valence-corrected chi connectivity index (χ2v) is 5.01. The smallest absolute Gasteiger partial charge is 0.166 e. The van der Waals surface area contributed by atoms with E-state index in [4.69, 9.17) is 5.73 Å². The normalized spacial score (nSPS) is 24.7. The van der Waals surface area contributed by atoms with E-state index < -0.39 is 0 Å². The van der Waals surface area contributed by atoms with Crippen LogP contribution in [0, 0.1) is 19.8 Å². The fraction of sp³-hybridized carbons (Fsp3) is 0.500. The number of nitrogens with two attached hydrogens (primary N) is 1. The van der Waals surface area contributed by atoms with Crippen molar-refractivity contribution in [1.29, 1.82) is 0 Å². The van der Waals surface area contributed by atoms with Gasteiger partial charge in [0.2, 0.25) is 0 Å². The Labute approximate surface area is 96.8 Å². The molecule has 1 aliphatic rings. The molecule has 2 nitrogen and oxygen atoms in total. The summed E-state index contributed by atoms with van der Waals surface area (Å²) in [5.41, 5.74) is 9.02. The molecule has 2 rings (SSSR count). The molecular weight excluding hydrogens is 198 g/mol. The van der Waals surface area contributed by atoms with E-state index in [1.165, 1.54) is 0 Å². The van der Waals surface area contributed by atoms with Crippen molar-refractivity contribution in [3.8, 4) is 0 Å². The van der Waals surface area contributed by atoms with E-state index in [1.807, 2.05) is 26.0 Å². The number of rotatable bonds is 2. The summed E-state index contributed by atoms with van der Waals surface area (Å²) in [6.07, 6.45) is 2.79. The molecule has 1 fully saturated rings. The third-order valence-electron chi connectivity index (χ3n) is 3.35. The van der Waals surface area contributed by atoms with Gasteiger partial charge < -0.3 is 5.73 Å². The standard InChI is InChI=1S/C14H19NO/c1-9-5-10(2)7-12(6-9)14(16)11-3-4-13(15)8-11/h5-7,11,13H,3-4,8,15H2,1-2H3. The second kappa shape index (κ2) is 4.38. The Morgan fingerprint density at radius 2 is 1.81 bits per heavy atom. The Morgan fingerprint density at radius 3 is 2.31 bits per heavy atom. The second-order valence-electron chi connectivity index (χ2n) is 5.01. The zero-order valence-corrected chi connectivity index (χ0v) is 9.99. The van der Waals surface area contributed by atoms with Crippen LogP contribution < -0.4 is 5.73 Å². The fourth-order valence-electron chi connectivity index (χ4n) is 2.61. The molecule has 2 heteroatoms. The topological polar surface area (TPSA) is 43.1 Å². The van der Waals surface area contributed by atoms with E-state index in [1.54, 1.807) is 0 Å². The molecule has 0 radical (unpaired) electrons. The summed E-state index contributed by atoms with van der Waals surface area (Å²) >= 11 is 0. The first-order valence-corrected chi connectivity index (χ1v) is 5.94. The molecule has 86 valence electrons. The van der Waals surface area contributed by atoms with E-state index in [0.717, 1.165) is 36.0 Å². The van der Waals surface area contributed by atoms with Gasteiger partial charge in [0.15, 0.2) is 5.78 Å². The molecule has 0 saturated heterocycles. The molecule has 0 bridgehead atoms. The number of aryl methyl sites for hydroxylation is 2. The molecule has 1 aromatic carbocycles. The monoisotopic (exact) mass is 217 g/mol. The molecule has 1 saturated carbocycles. The predicted octanol–water partition coefficient (Wildman–Crippen LogP) is 2.61. The molecule has 0 spiro atoms. The van der Waals surface area contributed by atoms with Crippen LogP contribution in [0.5, 0.6) is 0 Å². The van der Waals surface area contributed by atoms with Gasteiger partial charge in [-0.05, 0) is 45.2 Å². The lowest BCUT2D eigenvalue weighted by atomic mass is 9.94. The van der Waals surface area contributed by atoms with Gasteiger partial charge in [-0.1, -0.05) is 17.2 Å². The summed E-state index contributed by atoms with van der Waals surface area (Å²) < 4.78 is 0. The minimum Gasteiger partial charge on any atom is -0.328 e. The minimum atomic E-state index is 0.149. The molecule has 0 amide bonds. The summed E-state index contributed by atoms with van der Waals surface area (Å²) in [5.74, 6) is 0.427. The van der Waals surface area contributed by atoms with Crippen molar-refractivity contribution in [3.63, 3.8) is 0 Å². The summed E-state index contributed by atoms with van der Waals surface area (Å²) in [6, 6.07) is 6.29. The van der Waals surface area contributed by atoms with Crippen molar-refractivity contribution in [2.24, 2.45) is 11.7 Å². The highest BCUT2D eigenvalue weighted by Gasteiger charge is 2.28. The first kappa shape index (κ1) is 11.3. The average Bonchev–Trinajstić information content (AvgIpc) is 2.62. The van der Waals surface area contributed by atoms with Crippen LogP contribution in [0.3, 0.4) is 0 Å². The number of carbonyl (C=O) groups excluding carboxylic acids is 1. The van der Waals surface area contributed by atoms with Gasteiger partial charge in [-0.2, -0.15) is 0 Å². The van der Waals surface area contributed by atoms with E-state index in [9.17, 15) is 4.79 Å². The predicted molar refractivity (Wildman–Crippen MR) is 65.6 cm³/mol. The van der Waals surface area contributed by atoms with Crippen molar-refractivity contribution in [1.82, 2.24) is 0 Å². The third kappa shape index (κ3) is 2.33. The SMILES string of the molecule is Cc1cc(C)cc(C(=O)C2CCC(N)C2)c1. The van der Waals surface area contributed by atoms with E-state index >= 15 is 0 Å². The fourth-order valence-corrected chi connectivity index (χ4v) is 2.61. The zero-order valence-electron chi connectivity index (χ0n) is 9.99. The quantitative estimate of drug-likeness (QED) is 0.774. The highest BCUT2D eigenvalue weighted by molar-refractivity contribution is 5.98. The first-order chi connectivity index (χ1) is 7.56. The van der Waals surface area contributed by atoms with Crippen LogP contribution in [0.4, 0.5) is 0 Å². The van der Waals surface area contributed by atoms with Gasteiger partial charge in [0.05, 0.1) is 0 Å². The lowest BCUT2D eigenvalue weighted by molar-refractivity contribution is 0.0921. The van der Waals surface area contributed by atoms with E-state index in [-0.39, 0.29) is 17.7 Å². The third-order valence-corrected chi connectivity index (χ3v) is 3.35. The maximum absolute atomic E-state index is 12.2. The molecule has 0 aromatic heterocycles. The van der Waals surface area contributed by atoms with Crippen molar-refractivity contribution < 1.29 is 4.79 Å². The Balaban J connectivity index is 2.20. The molecule has 1 aromatic rings. The van der Waals surface area contributed by atoms with Crippen molar-refractivity contribution >= 4 is 5.78 Å². The van der Waals surface area contributed by atoms with Crippen LogP contribution in [0.1, 0.15) is 40.7 Å². The van der Waals surface area contributed by atoms with E-state index in [2.05, 4.69) is 6.07 Å². The van der Waals surface area contributed by atoms with Gasteiger partial charge in [-0.3, -0.25) is 4.79 Å². The molecule has 2 unspecified atom stereocenters. The van der Waals surface area contributed by atoms with Gasteiger partial charge in [0.25, 0.3) is 0 Å². The Bertz CT molecular complexity index is 391. The molecular formula is C14H19NO. The van der Waals surface area contributed by atoms with Crippen LogP contribution in [-0.4, -0.2) is 11.8 Å². The maximum Gasteiger partial charge on any atom is 0.166 e. The van der Waals surface area contributed by atoms with Crippen molar-refractivity contribution in [2.45, 2.75) is 39.2 Å². The van der Waals surface area contributed by atoms with Crippen LogP contribution in [0.25, 0.3) is 0 Å². The van der Waals surface area contributed by atoms with Crippen LogP contribution in [0.2, 0.25) is 0 Å².